The van der Waals surface area contributed by atoms with E-state index in [1.807, 2.05) is 19.1 Å². The average molecular weight is 433 g/mol. The standard InChI is InChI=1S/C24H18ClFN4O/c1-15-2-9-20(14-21(15)25)29-24(31)17-5-10-19(11-6-17)28-22-12-13-27-23(30-22)16-3-7-18(26)8-4-16/h2-14H,1H3,(H,29,31)(H,27,28,30). The fourth-order valence-electron chi connectivity index (χ4n) is 2.89. The highest BCUT2D eigenvalue weighted by Gasteiger charge is 2.08. The summed E-state index contributed by atoms with van der Waals surface area (Å²) in [7, 11) is 0. The molecule has 1 heterocycles. The van der Waals surface area contributed by atoms with Gasteiger partial charge < -0.3 is 10.6 Å². The number of halogens is 2. The lowest BCUT2D eigenvalue weighted by molar-refractivity contribution is 0.102. The van der Waals surface area contributed by atoms with Crippen molar-refractivity contribution < 1.29 is 9.18 Å². The van der Waals surface area contributed by atoms with Gasteiger partial charge in [-0.15, -0.1) is 0 Å². The molecule has 5 nitrogen and oxygen atoms in total. The third kappa shape index (κ3) is 5.05. The highest BCUT2D eigenvalue weighted by molar-refractivity contribution is 6.31. The maximum Gasteiger partial charge on any atom is 0.255 e. The van der Waals surface area contributed by atoms with E-state index in [0.717, 1.165) is 11.3 Å². The number of carbonyl (C=O) groups is 1. The molecule has 0 fully saturated rings. The van der Waals surface area contributed by atoms with Crippen molar-refractivity contribution in [1.82, 2.24) is 9.97 Å². The smallest absolute Gasteiger partial charge is 0.255 e. The summed E-state index contributed by atoms with van der Waals surface area (Å²) in [5.74, 6) is 0.526. The van der Waals surface area contributed by atoms with E-state index in [1.54, 1.807) is 54.7 Å². The fourth-order valence-corrected chi connectivity index (χ4v) is 3.07. The first-order valence-corrected chi connectivity index (χ1v) is 9.89. The Balaban J connectivity index is 1.45. The Morgan fingerprint density at radius 1 is 0.935 bits per heavy atom. The molecule has 0 aliphatic rings. The Morgan fingerprint density at radius 3 is 2.35 bits per heavy atom. The van der Waals surface area contributed by atoms with Gasteiger partial charge >= 0.3 is 0 Å². The molecule has 0 saturated heterocycles. The number of hydrogen-bond acceptors (Lipinski definition) is 4. The molecule has 0 atom stereocenters. The topological polar surface area (TPSA) is 66.9 Å². The summed E-state index contributed by atoms with van der Waals surface area (Å²) in [5.41, 5.74) is 3.57. The summed E-state index contributed by atoms with van der Waals surface area (Å²) < 4.78 is 13.1. The number of benzene rings is 3. The normalized spacial score (nSPS) is 10.5. The third-order valence-corrected chi connectivity index (χ3v) is 5.01. The number of aromatic nitrogens is 2. The van der Waals surface area contributed by atoms with E-state index >= 15 is 0 Å². The summed E-state index contributed by atoms with van der Waals surface area (Å²) >= 11 is 6.11. The van der Waals surface area contributed by atoms with Crippen molar-refractivity contribution in [3.05, 3.63) is 101 Å². The molecule has 4 aromatic rings. The average Bonchev–Trinajstić information content (AvgIpc) is 2.77. The molecule has 0 radical (unpaired) electrons. The molecule has 1 aromatic heterocycles. The van der Waals surface area contributed by atoms with E-state index in [1.165, 1.54) is 12.1 Å². The van der Waals surface area contributed by atoms with Crippen molar-refractivity contribution in [2.75, 3.05) is 10.6 Å². The molecule has 0 unspecified atom stereocenters. The molecule has 0 aliphatic heterocycles. The summed E-state index contributed by atoms with van der Waals surface area (Å²) in [6, 6.07) is 20.1. The van der Waals surface area contributed by atoms with Crippen LogP contribution in [-0.4, -0.2) is 15.9 Å². The number of rotatable bonds is 5. The van der Waals surface area contributed by atoms with Crippen molar-refractivity contribution in [1.29, 1.82) is 0 Å². The number of aryl methyl sites for hydroxylation is 1. The van der Waals surface area contributed by atoms with E-state index in [4.69, 9.17) is 11.6 Å². The highest BCUT2D eigenvalue weighted by atomic mass is 35.5. The van der Waals surface area contributed by atoms with E-state index in [-0.39, 0.29) is 11.7 Å². The monoisotopic (exact) mass is 432 g/mol. The number of hydrogen-bond donors (Lipinski definition) is 2. The molecule has 3 aromatic carbocycles. The van der Waals surface area contributed by atoms with Gasteiger partial charge in [0.1, 0.15) is 11.6 Å². The first kappa shape index (κ1) is 20.5. The van der Waals surface area contributed by atoms with Gasteiger partial charge in [0.05, 0.1) is 0 Å². The molecule has 0 aliphatic carbocycles. The third-order valence-electron chi connectivity index (χ3n) is 4.61. The van der Waals surface area contributed by atoms with Gasteiger partial charge in [-0.05, 0) is 79.2 Å². The van der Waals surface area contributed by atoms with E-state index in [2.05, 4.69) is 20.6 Å². The molecular weight excluding hydrogens is 415 g/mol. The zero-order valence-electron chi connectivity index (χ0n) is 16.6. The molecular formula is C24H18ClFN4O. The minimum atomic E-state index is -0.312. The van der Waals surface area contributed by atoms with Crippen LogP contribution in [0.25, 0.3) is 11.4 Å². The second-order valence-corrected chi connectivity index (χ2v) is 7.30. The molecule has 154 valence electrons. The van der Waals surface area contributed by atoms with Gasteiger partial charge in [-0.25, -0.2) is 14.4 Å². The molecule has 7 heteroatoms. The van der Waals surface area contributed by atoms with Crippen LogP contribution in [0.15, 0.2) is 79.0 Å². The van der Waals surface area contributed by atoms with Gasteiger partial charge in [0.25, 0.3) is 5.91 Å². The highest BCUT2D eigenvalue weighted by Crippen LogP contribution is 2.22. The number of nitrogens with zero attached hydrogens (tertiary/aromatic N) is 2. The van der Waals surface area contributed by atoms with E-state index in [0.29, 0.717) is 33.5 Å². The Kier molecular flexibility index (Phi) is 5.91. The van der Waals surface area contributed by atoms with Gasteiger partial charge in [0.15, 0.2) is 5.82 Å². The zero-order chi connectivity index (χ0) is 21.8. The van der Waals surface area contributed by atoms with Gasteiger partial charge in [-0.1, -0.05) is 17.7 Å². The molecule has 1 amide bonds. The van der Waals surface area contributed by atoms with Crippen LogP contribution in [0.5, 0.6) is 0 Å². The van der Waals surface area contributed by atoms with Gasteiger partial charge in [-0.2, -0.15) is 0 Å². The largest absolute Gasteiger partial charge is 0.340 e. The van der Waals surface area contributed by atoms with Gasteiger partial charge in [-0.3, -0.25) is 4.79 Å². The first-order chi connectivity index (χ1) is 15.0. The van der Waals surface area contributed by atoms with Crippen LogP contribution < -0.4 is 10.6 Å². The predicted molar refractivity (Wildman–Crippen MR) is 121 cm³/mol. The lowest BCUT2D eigenvalue weighted by atomic mass is 10.1. The molecule has 31 heavy (non-hydrogen) atoms. The second-order valence-electron chi connectivity index (χ2n) is 6.89. The predicted octanol–water partition coefficient (Wildman–Crippen LogP) is 6.24. The molecule has 2 N–H and O–H groups in total. The number of carbonyl (C=O) groups excluding carboxylic acids is 1. The van der Waals surface area contributed by atoms with E-state index in [9.17, 15) is 9.18 Å². The number of nitrogens with one attached hydrogen (secondary N) is 2. The van der Waals surface area contributed by atoms with Crippen LogP contribution >= 0.6 is 11.6 Å². The first-order valence-electron chi connectivity index (χ1n) is 9.51. The van der Waals surface area contributed by atoms with Crippen molar-refractivity contribution in [3.63, 3.8) is 0 Å². The summed E-state index contributed by atoms with van der Waals surface area (Å²) in [5, 5.41) is 6.61. The molecule has 0 bridgehead atoms. The lowest BCUT2D eigenvalue weighted by Crippen LogP contribution is -2.11. The Morgan fingerprint density at radius 2 is 1.65 bits per heavy atom. The van der Waals surface area contributed by atoms with Crippen LogP contribution in [0.3, 0.4) is 0 Å². The van der Waals surface area contributed by atoms with Gasteiger partial charge in [0.2, 0.25) is 0 Å². The second kappa shape index (κ2) is 8.93. The molecule has 0 spiro atoms. The van der Waals surface area contributed by atoms with Crippen LogP contribution in [-0.2, 0) is 0 Å². The Hall–Kier alpha value is -3.77. The lowest BCUT2D eigenvalue weighted by Gasteiger charge is -2.09. The minimum absolute atomic E-state index is 0.230. The fraction of sp³-hybridized carbons (Fsp3) is 0.0417. The van der Waals surface area contributed by atoms with Crippen LogP contribution in [0.4, 0.5) is 21.6 Å². The number of amides is 1. The Labute approximate surface area is 184 Å². The van der Waals surface area contributed by atoms with Crippen molar-refractivity contribution in [2.24, 2.45) is 0 Å². The van der Waals surface area contributed by atoms with Gasteiger partial charge in [0, 0.05) is 33.7 Å². The number of anilines is 3. The van der Waals surface area contributed by atoms with E-state index < -0.39 is 0 Å². The minimum Gasteiger partial charge on any atom is -0.340 e. The van der Waals surface area contributed by atoms with Crippen LogP contribution in [0, 0.1) is 12.7 Å². The quantitative estimate of drug-likeness (QED) is 0.391. The molecule has 0 saturated carbocycles. The summed E-state index contributed by atoms with van der Waals surface area (Å²) in [6.45, 7) is 1.90. The van der Waals surface area contributed by atoms with Crippen molar-refractivity contribution in [2.45, 2.75) is 6.92 Å². The summed E-state index contributed by atoms with van der Waals surface area (Å²) in [6.07, 6.45) is 1.63. The van der Waals surface area contributed by atoms with Crippen molar-refractivity contribution in [3.8, 4) is 11.4 Å². The zero-order valence-corrected chi connectivity index (χ0v) is 17.3. The van der Waals surface area contributed by atoms with Crippen LogP contribution in [0.1, 0.15) is 15.9 Å². The SMILES string of the molecule is Cc1ccc(NC(=O)c2ccc(Nc3ccnc(-c4ccc(F)cc4)n3)cc2)cc1Cl. The molecule has 4 rings (SSSR count). The maximum absolute atomic E-state index is 13.1. The van der Waals surface area contributed by atoms with Crippen molar-refractivity contribution >= 4 is 34.7 Å². The Bertz CT molecular complexity index is 1230. The maximum atomic E-state index is 13.1. The summed E-state index contributed by atoms with van der Waals surface area (Å²) in [4.78, 5) is 21.2. The van der Waals surface area contributed by atoms with Crippen LogP contribution in [0.2, 0.25) is 5.02 Å².